The molecule has 0 aromatic carbocycles. The molecule has 1 aliphatic rings. The topological polar surface area (TPSA) is 47.9 Å². The van der Waals surface area contributed by atoms with Gasteiger partial charge in [0.15, 0.2) is 0 Å². The SMILES string of the molecule is CCCCCCC/C=C/C=C(C)/C=C/[C@H]1C[C@H](OCOCCOC)C[C@@H]1O. The molecule has 3 atom stereocenters. The molecular weight excluding hydrogens is 340 g/mol. The van der Waals surface area contributed by atoms with Crippen molar-refractivity contribution < 1.29 is 19.3 Å². The first-order chi connectivity index (χ1) is 13.2. The summed E-state index contributed by atoms with van der Waals surface area (Å²) in [7, 11) is 1.65. The second kappa shape index (κ2) is 16.1. The minimum atomic E-state index is -0.336. The van der Waals surface area contributed by atoms with Gasteiger partial charge in [0, 0.05) is 19.4 Å². The van der Waals surface area contributed by atoms with Crippen molar-refractivity contribution in [2.45, 2.75) is 77.4 Å². The first kappa shape index (κ1) is 24.1. The number of aliphatic hydroxyl groups is 1. The predicted octanol–water partition coefficient (Wildman–Crippen LogP) is 5.18. The van der Waals surface area contributed by atoms with E-state index in [4.69, 9.17) is 14.2 Å². The second-order valence-electron chi connectivity index (χ2n) is 7.41. The Morgan fingerprint density at radius 2 is 1.93 bits per heavy atom. The number of ether oxygens (including phenoxy) is 3. The van der Waals surface area contributed by atoms with Gasteiger partial charge in [0.25, 0.3) is 0 Å². The number of hydrogen-bond donors (Lipinski definition) is 1. The molecule has 1 rings (SSSR count). The maximum Gasteiger partial charge on any atom is 0.147 e. The summed E-state index contributed by atoms with van der Waals surface area (Å²) in [5.74, 6) is 0.153. The van der Waals surface area contributed by atoms with Crippen LogP contribution in [0.15, 0.2) is 36.0 Å². The van der Waals surface area contributed by atoms with Gasteiger partial charge in [0.05, 0.1) is 25.4 Å². The first-order valence-electron chi connectivity index (χ1n) is 10.5. The Morgan fingerprint density at radius 3 is 2.70 bits per heavy atom. The molecule has 0 heterocycles. The largest absolute Gasteiger partial charge is 0.392 e. The number of hydrogen-bond acceptors (Lipinski definition) is 4. The lowest BCUT2D eigenvalue weighted by Crippen LogP contribution is -2.14. The molecule has 0 saturated heterocycles. The van der Waals surface area contributed by atoms with Gasteiger partial charge in [-0.2, -0.15) is 0 Å². The summed E-state index contributed by atoms with van der Waals surface area (Å²) in [6.45, 7) is 5.71. The monoisotopic (exact) mass is 380 g/mol. The Morgan fingerprint density at radius 1 is 1.11 bits per heavy atom. The summed E-state index contributed by atoms with van der Waals surface area (Å²) in [5, 5.41) is 10.2. The van der Waals surface area contributed by atoms with E-state index in [0.29, 0.717) is 19.6 Å². The van der Waals surface area contributed by atoms with Gasteiger partial charge < -0.3 is 19.3 Å². The Kier molecular flexibility index (Phi) is 14.3. The molecule has 0 aliphatic heterocycles. The fourth-order valence-corrected chi connectivity index (χ4v) is 3.20. The minimum absolute atomic E-state index is 0.0640. The standard InChI is InChI=1S/C23H40O4/c1-4-5-6-7-8-9-10-11-12-20(2)13-14-21-17-22(18-23(21)24)27-19-26-16-15-25-3/h10-14,21-24H,4-9,15-19H2,1-3H3/b11-10+,14-13+,20-12+/t21-,22-,23-/m0/s1. The van der Waals surface area contributed by atoms with Gasteiger partial charge >= 0.3 is 0 Å². The highest BCUT2D eigenvalue weighted by Gasteiger charge is 2.31. The van der Waals surface area contributed by atoms with Crippen molar-refractivity contribution in [1.29, 1.82) is 0 Å². The molecule has 0 bridgehead atoms. The Balaban J connectivity index is 2.22. The molecule has 0 amide bonds. The van der Waals surface area contributed by atoms with Gasteiger partial charge in [0.2, 0.25) is 0 Å². The lowest BCUT2D eigenvalue weighted by molar-refractivity contribution is -0.0973. The van der Waals surface area contributed by atoms with E-state index in [1.807, 2.05) is 0 Å². The first-order valence-corrected chi connectivity index (χ1v) is 10.5. The van der Waals surface area contributed by atoms with Gasteiger partial charge in [0.1, 0.15) is 6.79 Å². The smallest absolute Gasteiger partial charge is 0.147 e. The number of methoxy groups -OCH3 is 1. The van der Waals surface area contributed by atoms with Crippen molar-refractivity contribution >= 4 is 0 Å². The summed E-state index contributed by atoms with van der Waals surface area (Å²) in [4.78, 5) is 0. The maximum absolute atomic E-state index is 10.2. The van der Waals surface area contributed by atoms with Crippen molar-refractivity contribution in [3.05, 3.63) is 36.0 Å². The van der Waals surface area contributed by atoms with Gasteiger partial charge in [-0.15, -0.1) is 0 Å². The molecule has 0 aromatic heterocycles. The van der Waals surface area contributed by atoms with Crippen LogP contribution in [0.25, 0.3) is 0 Å². The third-order valence-corrected chi connectivity index (χ3v) is 4.93. The molecular formula is C23H40O4. The third-order valence-electron chi connectivity index (χ3n) is 4.93. The van der Waals surface area contributed by atoms with E-state index >= 15 is 0 Å². The van der Waals surface area contributed by atoms with E-state index in [2.05, 4.69) is 44.2 Å². The van der Waals surface area contributed by atoms with Crippen LogP contribution in [0.2, 0.25) is 0 Å². The van der Waals surface area contributed by atoms with Crippen LogP contribution in [0.5, 0.6) is 0 Å². The molecule has 0 radical (unpaired) electrons. The van der Waals surface area contributed by atoms with Gasteiger partial charge in [-0.1, -0.05) is 68.6 Å². The van der Waals surface area contributed by atoms with E-state index in [9.17, 15) is 5.11 Å². The highest BCUT2D eigenvalue weighted by atomic mass is 16.7. The van der Waals surface area contributed by atoms with Crippen molar-refractivity contribution in [2.75, 3.05) is 27.1 Å². The molecule has 1 N–H and O–H groups in total. The maximum atomic E-state index is 10.2. The van der Waals surface area contributed by atoms with Gasteiger partial charge in [-0.05, 0) is 26.2 Å². The van der Waals surface area contributed by atoms with Crippen LogP contribution >= 0.6 is 0 Å². The van der Waals surface area contributed by atoms with Crippen LogP contribution < -0.4 is 0 Å². The van der Waals surface area contributed by atoms with Crippen LogP contribution in [0.4, 0.5) is 0 Å². The van der Waals surface area contributed by atoms with Crippen LogP contribution in [0, 0.1) is 5.92 Å². The summed E-state index contributed by atoms with van der Waals surface area (Å²) < 4.78 is 15.9. The zero-order valence-corrected chi connectivity index (χ0v) is 17.6. The second-order valence-corrected chi connectivity index (χ2v) is 7.41. The van der Waals surface area contributed by atoms with E-state index < -0.39 is 0 Å². The molecule has 156 valence electrons. The van der Waals surface area contributed by atoms with Crippen LogP contribution in [0.1, 0.15) is 65.2 Å². The van der Waals surface area contributed by atoms with E-state index in [0.717, 1.165) is 12.8 Å². The van der Waals surface area contributed by atoms with Gasteiger partial charge in [-0.25, -0.2) is 0 Å². The highest BCUT2D eigenvalue weighted by Crippen LogP contribution is 2.29. The summed E-state index contributed by atoms with van der Waals surface area (Å²) in [5.41, 5.74) is 1.21. The average Bonchev–Trinajstić information content (AvgIpc) is 3.01. The molecule has 4 nitrogen and oxygen atoms in total. The average molecular weight is 381 g/mol. The fraction of sp³-hybridized carbons (Fsp3) is 0.739. The Hall–Kier alpha value is -0.940. The lowest BCUT2D eigenvalue weighted by atomic mass is 10.0. The fourth-order valence-electron chi connectivity index (χ4n) is 3.20. The quantitative estimate of drug-likeness (QED) is 0.241. The van der Waals surface area contributed by atoms with Crippen molar-refractivity contribution in [3.63, 3.8) is 0 Å². The number of unbranched alkanes of at least 4 members (excludes halogenated alkanes) is 5. The highest BCUT2D eigenvalue weighted by molar-refractivity contribution is 5.22. The molecule has 1 aliphatic carbocycles. The molecule has 1 saturated carbocycles. The third kappa shape index (κ3) is 12.2. The molecule has 1 fully saturated rings. The zero-order valence-electron chi connectivity index (χ0n) is 17.6. The lowest BCUT2D eigenvalue weighted by Gasteiger charge is -2.11. The van der Waals surface area contributed by atoms with E-state index in [1.165, 1.54) is 37.7 Å². The predicted molar refractivity (Wildman–Crippen MR) is 112 cm³/mol. The van der Waals surface area contributed by atoms with Crippen molar-refractivity contribution in [3.8, 4) is 0 Å². The van der Waals surface area contributed by atoms with Crippen LogP contribution in [0.3, 0.4) is 0 Å². The molecule has 0 aromatic rings. The Bertz CT molecular complexity index is 442. The minimum Gasteiger partial charge on any atom is -0.392 e. The molecule has 27 heavy (non-hydrogen) atoms. The van der Waals surface area contributed by atoms with Crippen molar-refractivity contribution in [1.82, 2.24) is 0 Å². The van der Waals surface area contributed by atoms with E-state index in [1.54, 1.807) is 7.11 Å². The summed E-state index contributed by atoms with van der Waals surface area (Å²) >= 11 is 0. The molecule has 0 unspecified atom stereocenters. The number of allylic oxidation sites excluding steroid dienone is 5. The molecule has 0 spiro atoms. The van der Waals surface area contributed by atoms with E-state index in [-0.39, 0.29) is 24.9 Å². The summed E-state index contributed by atoms with van der Waals surface area (Å²) in [6.07, 6.45) is 19.8. The van der Waals surface area contributed by atoms with Gasteiger partial charge in [-0.3, -0.25) is 0 Å². The van der Waals surface area contributed by atoms with Crippen LogP contribution in [-0.2, 0) is 14.2 Å². The number of aliphatic hydroxyl groups excluding tert-OH is 1. The summed E-state index contributed by atoms with van der Waals surface area (Å²) in [6, 6.07) is 0. The van der Waals surface area contributed by atoms with Crippen molar-refractivity contribution in [2.24, 2.45) is 5.92 Å². The number of rotatable bonds is 15. The Labute approximate surface area is 166 Å². The normalized spacial score (nSPS) is 23.9. The van der Waals surface area contributed by atoms with Crippen LogP contribution in [-0.4, -0.2) is 44.4 Å². The zero-order chi connectivity index (χ0) is 19.7. The molecule has 4 heteroatoms.